The minimum absolute atomic E-state index is 0.0509. The highest BCUT2D eigenvalue weighted by molar-refractivity contribution is 9.12. The van der Waals surface area contributed by atoms with E-state index >= 15 is 0 Å². The molecule has 1 rings (SSSR count). The van der Waals surface area contributed by atoms with Crippen molar-refractivity contribution >= 4 is 43.5 Å². The van der Waals surface area contributed by atoms with Gasteiger partial charge in [-0.15, -0.1) is 0 Å². The van der Waals surface area contributed by atoms with Gasteiger partial charge in [-0.2, -0.15) is 0 Å². The Morgan fingerprint density at radius 1 is 1.53 bits per heavy atom. The van der Waals surface area contributed by atoms with E-state index in [-0.39, 0.29) is 5.91 Å². The van der Waals surface area contributed by atoms with Gasteiger partial charge in [0.25, 0.3) is 0 Å². The number of alkyl halides is 2. The third kappa shape index (κ3) is 3.61. The topological polar surface area (TPSA) is 29.1 Å². The van der Waals surface area contributed by atoms with Gasteiger partial charge in [-0.05, 0) is 31.5 Å². The van der Waals surface area contributed by atoms with Crippen molar-refractivity contribution in [3.8, 4) is 0 Å². The molecule has 4 heteroatoms. The number of hydrogen-bond donors (Lipinski definition) is 1. The van der Waals surface area contributed by atoms with Crippen molar-refractivity contribution in [2.24, 2.45) is 0 Å². The molecule has 82 valence electrons. The van der Waals surface area contributed by atoms with Gasteiger partial charge in [-0.1, -0.05) is 44.0 Å². The van der Waals surface area contributed by atoms with E-state index in [0.717, 1.165) is 11.3 Å². The Bertz CT molecular complexity index is 363. The molecule has 1 aromatic carbocycles. The summed E-state index contributed by atoms with van der Waals surface area (Å²) in [6.07, 6.45) is 0. The monoisotopic (exact) mass is 333 g/mol. The average molecular weight is 335 g/mol. The summed E-state index contributed by atoms with van der Waals surface area (Å²) in [7, 11) is 0. The number of amides is 1. The molecule has 1 atom stereocenters. The quantitative estimate of drug-likeness (QED) is 0.842. The van der Waals surface area contributed by atoms with Crippen LogP contribution >= 0.6 is 31.9 Å². The van der Waals surface area contributed by atoms with Crippen LogP contribution in [0, 0.1) is 6.92 Å². The number of aryl methyl sites for hydroxylation is 1. The molecule has 0 saturated heterocycles. The largest absolute Gasteiger partial charge is 0.325 e. The van der Waals surface area contributed by atoms with Crippen LogP contribution in [0.3, 0.4) is 0 Å². The fraction of sp³-hybridized carbons (Fsp3) is 0.364. The Morgan fingerprint density at radius 2 is 2.20 bits per heavy atom. The normalized spacial score (nSPS) is 14.4. The van der Waals surface area contributed by atoms with Crippen LogP contribution in [0.2, 0.25) is 0 Å². The summed E-state index contributed by atoms with van der Waals surface area (Å²) in [5.74, 6) is -0.0509. The first kappa shape index (κ1) is 12.7. The standard InChI is InChI=1S/C11H13Br2NO/c1-8-4-3-5-9(6-8)14-10(15)11(2,13)7-12/h3-6H,7H2,1-2H3,(H,14,15). The minimum atomic E-state index is -0.573. The van der Waals surface area contributed by atoms with Gasteiger partial charge in [-0.3, -0.25) is 4.79 Å². The van der Waals surface area contributed by atoms with Gasteiger partial charge >= 0.3 is 0 Å². The molecule has 0 aliphatic heterocycles. The molecule has 1 unspecified atom stereocenters. The summed E-state index contributed by atoms with van der Waals surface area (Å²) < 4.78 is -0.573. The SMILES string of the molecule is Cc1cccc(NC(=O)C(C)(Br)CBr)c1. The average Bonchev–Trinajstić information content (AvgIpc) is 2.17. The Hall–Kier alpha value is -0.350. The van der Waals surface area contributed by atoms with Crippen LogP contribution in [0.4, 0.5) is 5.69 Å². The molecular formula is C11H13Br2NO. The van der Waals surface area contributed by atoms with Gasteiger partial charge in [0.1, 0.15) is 4.32 Å². The Kier molecular flexibility index (Phi) is 4.34. The van der Waals surface area contributed by atoms with Crippen molar-refractivity contribution < 1.29 is 4.79 Å². The van der Waals surface area contributed by atoms with Crippen LogP contribution in [0.15, 0.2) is 24.3 Å². The molecule has 1 amide bonds. The lowest BCUT2D eigenvalue weighted by Crippen LogP contribution is -2.35. The number of nitrogens with one attached hydrogen (secondary N) is 1. The zero-order valence-corrected chi connectivity index (χ0v) is 11.9. The number of hydrogen-bond acceptors (Lipinski definition) is 1. The summed E-state index contributed by atoms with van der Waals surface area (Å²) in [6.45, 7) is 3.82. The van der Waals surface area contributed by atoms with Crippen molar-refractivity contribution in [2.75, 3.05) is 10.6 Å². The third-order valence-electron chi connectivity index (χ3n) is 2.00. The Balaban J connectivity index is 2.75. The maximum absolute atomic E-state index is 11.8. The second-order valence-corrected chi connectivity index (χ2v) is 5.97. The fourth-order valence-corrected chi connectivity index (χ4v) is 1.40. The van der Waals surface area contributed by atoms with Crippen molar-refractivity contribution in [2.45, 2.75) is 18.2 Å². The first-order chi connectivity index (χ1) is 6.95. The Labute approximate surface area is 107 Å². The van der Waals surface area contributed by atoms with Gasteiger partial charge in [0.05, 0.1) is 0 Å². The van der Waals surface area contributed by atoms with Gasteiger partial charge in [0, 0.05) is 11.0 Å². The Morgan fingerprint density at radius 3 is 2.73 bits per heavy atom. The van der Waals surface area contributed by atoms with Crippen LogP contribution in [0.25, 0.3) is 0 Å². The van der Waals surface area contributed by atoms with Crippen LogP contribution in [-0.2, 0) is 4.79 Å². The molecule has 0 aliphatic rings. The smallest absolute Gasteiger partial charge is 0.241 e. The highest BCUT2D eigenvalue weighted by atomic mass is 79.9. The van der Waals surface area contributed by atoms with E-state index in [1.165, 1.54) is 0 Å². The van der Waals surface area contributed by atoms with Crippen LogP contribution in [0.5, 0.6) is 0 Å². The molecule has 0 radical (unpaired) electrons. The van der Waals surface area contributed by atoms with Crippen molar-refractivity contribution in [1.29, 1.82) is 0 Å². The maximum Gasteiger partial charge on any atom is 0.241 e. The van der Waals surface area contributed by atoms with Crippen LogP contribution < -0.4 is 5.32 Å². The van der Waals surface area contributed by atoms with Gasteiger partial charge < -0.3 is 5.32 Å². The molecule has 0 bridgehead atoms. The summed E-state index contributed by atoms with van der Waals surface area (Å²) in [6, 6.07) is 7.73. The fourth-order valence-electron chi connectivity index (χ4n) is 1.04. The van der Waals surface area contributed by atoms with Crippen molar-refractivity contribution in [3.05, 3.63) is 29.8 Å². The molecule has 2 nitrogen and oxygen atoms in total. The second-order valence-electron chi connectivity index (χ2n) is 3.65. The molecule has 0 aliphatic carbocycles. The first-order valence-electron chi connectivity index (χ1n) is 4.59. The van der Waals surface area contributed by atoms with E-state index in [0.29, 0.717) is 5.33 Å². The van der Waals surface area contributed by atoms with Gasteiger partial charge in [-0.25, -0.2) is 0 Å². The predicted octanol–water partition coefficient (Wildman–Crippen LogP) is 3.48. The molecule has 0 heterocycles. The van der Waals surface area contributed by atoms with Crippen molar-refractivity contribution in [3.63, 3.8) is 0 Å². The zero-order valence-electron chi connectivity index (χ0n) is 8.68. The highest BCUT2D eigenvalue weighted by Gasteiger charge is 2.28. The zero-order chi connectivity index (χ0) is 11.5. The summed E-state index contributed by atoms with van der Waals surface area (Å²) in [4.78, 5) is 11.8. The number of rotatable bonds is 3. The van der Waals surface area contributed by atoms with E-state index in [2.05, 4.69) is 37.2 Å². The van der Waals surface area contributed by atoms with E-state index < -0.39 is 4.32 Å². The van der Waals surface area contributed by atoms with Crippen LogP contribution in [0.1, 0.15) is 12.5 Å². The number of anilines is 1. The molecule has 15 heavy (non-hydrogen) atoms. The molecule has 0 aromatic heterocycles. The van der Waals surface area contributed by atoms with E-state index in [1.54, 1.807) is 0 Å². The van der Waals surface area contributed by atoms with Crippen molar-refractivity contribution in [1.82, 2.24) is 0 Å². The van der Waals surface area contributed by atoms with E-state index in [4.69, 9.17) is 0 Å². The number of benzene rings is 1. The second kappa shape index (κ2) is 5.12. The molecule has 0 fully saturated rings. The van der Waals surface area contributed by atoms with Gasteiger partial charge in [0.15, 0.2) is 0 Å². The molecule has 1 N–H and O–H groups in total. The van der Waals surface area contributed by atoms with Crippen LogP contribution in [-0.4, -0.2) is 15.6 Å². The maximum atomic E-state index is 11.8. The molecular weight excluding hydrogens is 322 g/mol. The lowest BCUT2D eigenvalue weighted by atomic mass is 10.2. The lowest BCUT2D eigenvalue weighted by Gasteiger charge is -2.18. The summed E-state index contributed by atoms with van der Waals surface area (Å²) in [5.41, 5.74) is 1.95. The van der Waals surface area contributed by atoms with Gasteiger partial charge in [0.2, 0.25) is 5.91 Å². The lowest BCUT2D eigenvalue weighted by molar-refractivity contribution is -0.117. The highest BCUT2D eigenvalue weighted by Crippen LogP contribution is 2.22. The molecule has 0 spiro atoms. The summed E-state index contributed by atoms with van der Waals surface area (Å²) in [5, 5.41) is 3.43. The minimum Gasteiger partial charge on any atom is -0.325 e. The summed E-state index contributed by atoms with van der Waals surface area (Å²) >= 11 is 6.66. The number of carbonyl (C=O) groups is 1. The first-order valence-corrected chi connectivity index (χ1v) is 6.50. The molecule has 0 saturated carbocycles. The van der Waals surface area contributed by atoms with E-state index in [1.807, 2.05) is 38.1 Å². The van der Waals surface area contributed by atoms with E-state index in [9.17, 15) is 4.79 Å². The predicted molar refractivity (Wildman–Crippen MR) is 70.9 cm³/mol. The third-order valence-corrected chi connectivity index (χ3v) is 4.51. The number of carbonyl (C=O) groups excluding carboxylic acids is 1. The molecule has 1 aromatic rings. The number of halogens is 2.